The Morgan fingerprint density at radius 2 is 1.70 bits per heavy atom. The quantitative estimate of drug-likeness (QED) is 0.783. The van der Waals surface area contributed by atoms with E-state index >= 15 is 0 Å². The lowest BCUT2D eigenvalue weighted by atomic mass is 10.1. The molecule has 2 nitrogen and oxygen atoms in total. The van der Waals surface area contributed by atoms with Crippen molar-refractivity contribution in [1.82, 2.24) is 5.32 Å². The second-order valence-electron chi connectivity index (χ2n) is 4.31. The molecule has 1 N–H and O–H groups in total. The molecule has 0 aliphatic rings. The summed E-state index contributed by atoms with van der Waals surface area (Å²) in [7, 11) is 0. The van der Waals surface area contributed by atoms with Crippen LogP contribution in [0.3, 0.4) is 0 Å². The molecule has 0 fully saturated rings. The monoisotopic (exact) mass is 371 g/mol. The molecular weight excluding hydrogens is 361 g/mol. The molecule has 0 aliphatic heterocycles. The van der Waals surface area contributed by atoms with E-state index in [0.29, 0.717) is 15.6 Å². The predicted octanol–water partition coefficient (Wildman–Crippen LogP) is 5.25. The van der Waals surface area contributed by atoms with E-state index in [1.54, 1.807) is 18.2 Å². The Balaban J connectivity index is 2.22. The highest BCUT2D eigenvalue weighted by Crippen LogP contribution is 2.26. The maximum absolute atomic E-state index is 12.3. The molecule has 0 bridgehead atoms. The van der Waals surface area contributed by atoms with Gasteiger partial charge in [-0.05, 0) is 30.7 Å². The third-order valence-electron chi connectivity index (χ3n) is 2.91. The third kappa shape index (κ3) is 3.35. The van der Waals surface area contributed by atoms with Crippen LogP contribution >= 0.6 is 39.1 Å². The fraction of sp³-hybridized carbons (Fsp3) is 0.133. The van der Waals surface area contributed by atoms with Crippen LogP contribution in [0.15, 0.2) is 46.9 Å². The Labute approximate surface area is 136 Å². The molecule has 2 rings (SSSR count). The van der Waals surface area contributed by atoms with Gasteiger partial charge in [-0.2, -0.15) is 0 Å². The van der Waals surface area contributed by atoms with Gasteiger partial charge in [-0.3, -0.25) is 4.79 Å². The van der Waals surface area contributed by atoms with E-state index in [0.717, 1.165) is 10.0 Å². The molecule has 0 radical (unpaired) electrons. The summed E-state index contributed by atoms with van der Waals surface area (Å²) in [5, 5.41) is 3.58. The first-order valence-electron chi connectivity index (χ1n) is 6.00. The highest BCUT2D eigenvalue weighted by molar-refractivity contribution is 9.10. The Bertz CT molecular complexity index is 625. The van der Waals surface area contributed by atoms with Gasteiger partial charge in [0.2, 0.25) is 0 Å². The van der Waals surface area contributed by atoms with Crippen molar-refractivity contribution in [3.8, 4) is 0 Å². The average molecular weight is 373 g/mol. The van der Waals surface area contributed by atoms with Gasteiger partial charge in [0.25, 0.3) is 5.91 Å². The van der Waals surface area contributed by atoms with Crippen molar-refractivity contribution < 1.29 is 4.79 Å². The summed E-state index contributed by atoms with van der Waals surface area (Å²) < 4.78 is 0.943. The molecular formula is C15H12BrCl2NO. The molecule has 0 heterocycles. The number of hydrogen-bond acceptors (Lipinski definition) is 1. The second kappa shape index (κ2) is 6.61. The first-order chi connectivity index (χ1) is 9.50. The van der Waals surface area contributed by atoms with Crippen LogP contribution in [-0.2, 0) is 0 Å². The van der Waals surface area contributed by atoms with Crippen LogP contribution in [0.25, 0.3) is 0 Å². The first-order valence-corrected chi connectivity index (χ1v) is 7.55. The van der Waals surface area contributed by atoms with Gasteiger partial charge in [-0.1, -0.05) is 63.4 Å². The first kappa shape index (κ1) is 15.4. The van der Waals surface area contributed by atoms with Crippen molar-refractivity contribution in [2.45, 2.75) is 13.0 Å². The molecule has 0 aromatic heterocycles. The van der Waals surface area contributed by atoms with Crippen LogP contribution in [0.2, 0.25) is 10.0 Å². The normalized spacial score (nSPS) is 12.0. The molecule has 20 heavy (non-hydrogen) atoms. The number of rotatable bonds is 3. The summed E-state index contributed by atoms with van der Waals surface area (Å²) >= 11 is 15.5. The van der Waals surface area contributed by atoms with Crippen LogP contribution in [-0.4, -0.2) is 5.91 Å². The zero-order valence-corrected chi connectivity index (χ0v) is 13.8. The van der Waals surface area contributed by atoms with Gasteiger partial charge in [-0.15, -0.1) is 0 Å². The predicted molar refractivity (Wildman–Crippen MR) is 86.5 cm³/mol. The maximum atomic E-state index is 12.3. The summed E-state index contributed by atoms with van der Waals surface area (Å²) in [4.78, 5) is 12.3. The Morgan fingerprint density at radius 1 is 1.10 bits per heavy atom. The summed E-state index contributed by atoms with van der Waals surface area (Å²) in [6, 6.07) is 12.6. The minimum atomic E-state index is -0.288. The molecule has 0 aliphatic carbocycles. The van der Waals surface area contributed by atoms with E-state index < -0.39 is 0 Å². The Kier molecular flexibility index (Phi) is 5.08. The van der Waals surface area contributed by atoms with Crippen molar-refractivity contribution in [2.75, 3.05) is 0 Å². The molecule has 1 unspecified atom stereocenters. The van der Waals surface area contributed by atoms with Crippen LogP contribution in [0.5, 0.6) is 0 Å². The third-order valence-corrected chi connectivity index (χ3v) is 4.26. The zero-order chi connectivity index (χ0) is 14.7. The van der Waals surface area contributed by atoms with E-state index in [1.807, 2.05) is 31.2 Å². The number of carbonyl (C=O) groups is 1. The smallest absolute Gasteiger partial charge is 0.254 e. The van der Waals surface area contributed by atoms with Crippen LogP contribution < -0.4 is 5.32 Å². The van der Waals surface area contributed by atoms with Gasteiger partial charge in [0.15, 0.2) is 0 Å². The summed E-state index contributed by atoms with van der Waals surface area (Å²) in [6.07, 6.45) is 0. The Morgan fingerprint density at radius 3 is 2.30 bits per heavy atom. The minimum absolute atomic E-state index is 0.162. The standard InChI is InChI=1S/C15H12BrCl2NO/c1-9(10-5-2-3-6-11(10)16)19-15(20)14-12(17)7-4-8-13(14)18/h2-9H,1H3,(H,19,20). The van der Waals surface area contributed by atoms with Crippen LogP contribution in [0.4, 0.5) is 0 Å². The SMILES string of the molecule is CC(NC(=O)c1c(Cl)cccc1Cl)c1ccccc1Br. The number of hydrogen-bond donors (Lipinski definition) is 1. The molecule has 0 saturated heterocycles. The summed E-state index contributed by atoms with van der Waals surface area (Å²) in [5.41, 5.74) is 1.29. The average Bonchev–Trinajstić information content (AvgIpc) is 2.38. The minimum Gasteiger partial charge on any atom is -0.345 e. The number of nitrogens with one attached hydrogen (secondary N) is 1. The summed E-state index contributed by atoms with van der Waals surface area (Å²) in [5.74, 6) is -0.288. The highest BCUT2D eigenvalue weighted by Gasteiger charge is 2.18. The number of carbonyl (C=O) groups excluding carboxylic acids is 1. The molecule has 104 valence electrons. The fourth-order valence-electron chi connectivity index (χ4n) is 1.89. The van der Waals surface area contributed by atoms with Crippen molar-refractivity contribution >= 4 is 45.0 Å². The van der Waals surface area contributed by atoms with Gasteiger partial charge in [0, 0.05) is 4.47 Å². The molecule has 1 atom stereocenters. The van der Waals surface area contributed by atoms with Gasteiger partial charge in [-0.25, -0.2) is 0 Å². The molecule has 5 heteroatoms. The van der Waals surface area contributed by atoms with Crippen LogP contribution in [0.1, 0.15) is 28.9 Å². The molecule has 2 aromatic carbocycles. The number of amides is 1. The van der Waals surface area contributed by atoms with E-state index in [-0.39, 0.29) is 11.9 Å². The van der Waals surface area contributed by atoms with Crippen molar-refractivity contribution in [3.63, 3.8) is 0 Å². The summed E-state index contributed by atoms with van der Waals surface area (Å²) in [6.45, 7) is 1.91. The van der Waals surface area contributed by atoms with E-state index in [1.165, 1.54) is 0 Å². The maximum Gasteiger partial charge on any atom is 0.254 e. The number of halogens is 3. The number of benzene rings is 2. The fourth-order valence-corrected chi connectivity index (χ4v) is 3.08. The van der Waals surface area contributed by atoms with Crippen molar-refractivity contribution in [3.05, 3.63) is 68.1 Å². The Hall–Kier alpha value is -1.03. The van der Waals surface area contributed by atoms with E-state index in [9.17, 15) is 4.79 Å². The lowest BCUT2D eigenvalue weighted by Gasteiger charge is -2.16. The second-order valence-corrected chi connectivity index (χ2v) is 5.98. The lowest BCUT2D eigenvalue weighted by Crippen LogP contribution is -2.27. The van der Waals surface area contributed by atoms with Gasteiger partial charge in [0.1, 0.15) is 0 Å². The topological polar surface area (TPSA) is 29.1 Å². The largest absolute Gasteiger partial charge is 0.345 e. The highest BCUT2D eigenvalue weighted by atomic mass is 79.9. The van der Waals surface area contributed by atoms with Gasteiger partial charge in [0.05, 0.1) is 21.7 Å². The van der Waals surface area contributed by atoms with Gasteiger partial charge < -0.3 is 5.32 Å². The van der Waals surface area contributed by atoms with E-state index in [4.69, 9.17) is 23.2 Å². The van der Waals surface area contributed by atoms with Gasteiger partial charge >= 0.3 is 0 Å². The van der Waals surface area contributed by atoms with Crippen LogP contribution in [0, 0.1) is 0 Å². The molecule has 1 amide bonds. The van der Waals surface area contributed by atoms with Crippen molar-refractivity contribution in [2.24, 2.45) is 0 Å². The molecule has 0 saturated carbocycles. The zero-order valence-electron chi connectivity index (χ0n) is 10.7. The molecule has 0 spiro atoms. The molecule has 2 aromatic rings. The van der Waals surface area contributed by atoms with E-state index in [2.05, 4.69) is 21.2 Å². The van der Waals surface area contributed by atoms with Crippen molar-refractivity contribution in [1.29, 1.82) is 0 Å². The lowest BCUT2D eigenvalue weighted by molar-refractivity contribution is 0.0940.